The van der Waals surface area contributed by atoms with Crippen molar-refractivity contribution in [2.75, 3.05) is 24.2 Å². The minimum Gasteiger partial charge on any atom is -0.497 e. The van der Waals surface area contributed by atoms with Crippen molar-refractivity contribution in [1.82, 2.24) is 10.2 Å². The lowest BCUT2D eigenvalue weighted by Crippen LogP contribution is -2.54. The van der Waals surface area contributed by atoms with Gasteiger partial charge in [0.15, 0.2) is 0 Å². The van der Waals surface area contributed by atoms with Crippen LogP contribution in [0.25, 0.3) is 0 Å². The molecule has 0 unspecified atom stereocenters. The van der Waals surface area contributed by atoms with Crippen molar-refractivity contribution in [1.29, 1.82) is 0 Å². The van der Waals surface area contributed by atoms with Crippen LogP contribution in [-0.4, -0.2) is 57.1 Å². The number of hydrogen-bond acceptors (Lipinski definition) is 5. The smallest absolute Gasteiger partial charge is 0.244 e. The molecule has 0 saturated carbocycles. The molecule has 0 spiro atoms. The first-order valence-electron chi connectivity index (χ1n) is 13.0. The van der Waals surface area contributed by atoms with Crippen LogP contribution in [0.3, 0.4) is 0 Å². The number of halogens is 1. The van der Waals surface area contributed by atoms with E-state index < -0.39 is 40.2 Å². The number of hydrogen-bond donors (Lipinski definition) is 1. The minimum absolute atomic E-state index is 0.157. The number of sulfonamides is 1. The molecule has 0 saturated heterocycles. The van der Waals surface area contributed by atoms with Gasteiger partial charge in [-0.15, -0.1) is 0 Å². The van der Waals surface area contributed by atoms with Crippen LogP contribution in [0.15, 0.2) is 78.9 Å². The molecule has 0 aliphatic carbocycles. The second kappa shape index (κ2) is 13.9. The van der Waals surface area contributed by atoms with Crippen LogP contribution in [0.4, 0.5) is 10.1 Å². The Morgan fingerprint density at radius 2 is 1.60 bits per heavy atom. The van der Waals surface area contributed by atoms with Crippen LogP contribution < -0.4 is 14.4 Å². The summed E-state index contributed by atoms with van der Waals surface area (Å²) in [4.78, 5) is 28.9. The predicted octanol–water partition coefficient (Wildman–Crippen LogP) is 4.16. The number of rotatable bonds is 13. The zero-order valence-electron chi connectivity index (χ0n) is 23.2. The molecule has 3 aromatic carbocycles. The average molecular weight is 570 g/mol. The van der Waals surface area contributed by atoms with Crippen LogP contribution in [0.5, 0.6) is 5.75 Å². The Kier molecular flexibility index (Phi) is 10.7. The van der Waals surface area contributed by atoms with Crippen molar-refractivity contribution in [3.05, 3.63) is 95.8 Å². The molecule has 0 heterocycles. The van der Waals surface area contributed by atoms with E-state index in [0.29, 0.717) is 12.2 Å². The number of ether oxygens (including phenoxy) is 1. The summed E-state index contributed by atoms with van der Waals surface area (Å²) in [5.41, 5.74) is 1.26. The third-order valence-corrected chi connectivity index (χ3v) is 7.75. The molecule has 3 rings (SSSR count). The molecular formula is C30H36FN3O5S. The summed E-state index contributed by atoms with van der Waals surface area (Å²) in [7, 11) is -2.41. The van der Waals surface area contributed by atoms with Gasteiger partial charge in [-0.05, 0) is 49.2 Å². The second-order valence-corrected chi connectivity index (χ2v) is 11.5. The molecule has 0 aliphatic heterocycles. The van der Waals surface area contributed by atoms with Gasteiger partial charge in [-0.3, -0.25) is 13.9 Å². The molecule has 8 nitrogen and oxygen atoms in total. The van der Waals surface area contributed by atoms with Gasteiger partial charge in [0, 0.05) is 24.6 Å². The van der Waals surface area contributed by atoms with Crippen LogP contribution in [-0.2, 0) is 32.6 Å². The van der Waals surface area contributed by atoms with E-state index in [9.17, 15) is 22.4 Å². The zero-order valence-corrected chi connectivity index (χ0v) is 24.0. The Balaban J connectivity index is 2.06. The lowest BCUT2D eigenvalue weighted by Gasteiger charge is -2.34. The molecule has 10 heteroatoms. The fourth-order valence-electron chi connectivity index (χ4n) is 4.17. The van der Waals surface area contributed by atoms with Crippen LogP contribution in [0.2, 0.25) is 0 Å². The standard InChI is InChI=1S/C30H36FN3O5S/c1-5-22(2)32-30(36)28(19-23-11-7-6-8-12-23)33(20-24-13-9-10-14-27(24)31)29(35)21-34(40(4,37)38)25-15-17-26(39-3)18-16-25/h6-18,22,28H,5,19-21H2,1-4H3,(H,32,36)/t22-,28+/m0/s1. The van der Waals surface area contributed by atoms with E-state index >= 15 is 0 Å². The number of benzene rings is 3. The Bertz CT molecular complexity index is 1380. The lowest BCUT2D eigenvalue weighted by molar-refractivity contribution is -0.140. The van der Waals surface area contributed by atoms with Crippen molar-refractivity contribution in [2.45, 2.75) is 45.3 Å². The van der Waals surface area contributed by atoms with E-state index in [4.69, 9.17) is 4.74 Å². The van der Waals surface area contributed by atoms with Gasteiger partial charge in [0.25, 0.3) is 0 Å². The van der Waals surface area contributed by atoms with E-state index in [-0.39, 0.29) is 30.3 Å². The number of amides is 2. The lowest BCUT2D eigenvalue weighted by atomic mass is 10.0. The van der Waals surface area contributed by atoms with Crippen LogP contribution >= 0.6 is 0 Å². The highest BCUT2D eigenvalue weighted by molar-refractivity contribution is 7.92. The number of anilines is 1. The summed E-state index contributed by atoms with van der Waals surface area (Å²) >= 11 is 0. The molecule has 0 fully saturated rings. The molecule has 40 heavy (non-hydrogen) atoms. The second-order valence-electron chi connectivity index (χ2n) is 9.60. The fourth-order valence-corrected chi connectivity index (χ4v) is 5.02. The molecule has 0 aliphatic rings. The SMILES string of the molecule is CC[C@H](C)NC(=O)[C@@H](Cc1ccccc1)N(Cc1ccccc1F)C(=O)CN(c1ccc(OC)cc1)S(C)(=O)=O. The summed E-state index contributed by atoms with van der Waals surface area (Å²) in [5, 5.41) is 2.94. The monoisotopic (exact) mass is 569 g/mol. The molecule has 0 radical (unpaired) electrons. The topological polar surface area (TPSA) is 96.0 Å². The largest absolute Gasteiger partial charge is 0.497 e. The van der Waals surface area contributed by atoms with E-state index in [0.717, 1.165) is 16.1 Å². The Morgan fingerprint density at radius 3 is 2.17 bits per heavy atom. The van der Waals surface area contributed by atoms with Crippen LogP contribution in [0, 0.1) is 5.82 Å². The minimum atomic E-state index is -3.90. The molecule has 2 amide bonds. The summed E-state index contributed by atoms with van der Waals surface area (Å²) < 4.78 is 46.6. The highest BCUT2D eigenvalue weighted by atomic mass is 32.2. The fraction of sp³-hybridized carbons (Fsp3) is 0.333. The van der Waals surface area contributed by atoms with Crippen molar-refractivity contribution in [3.8, 4) is 5.75 Å². The van der Waals surface area contributed by atoms with Gasteiger partial charge in [-0.25, -0.2) is 12.8 Å². The normalized spacial score (nSPS) is 12.7. The van der Waals surface area contributed by atoms with Gasteiger partial charge < -0.3 is 15.0 Å². The first-order valence-corrected chi connectivity index (χ1v) is 14.9. The van der Waals surface area contributed by atoms with Crippen molar-refractivity contribution < 1.29 is 27.1 Å². The summed E-state index contributed by atoms with van der Waals surface area (Å²) in [6.07, 6.45) is 1.83. The Hall–Kier alpha value is -3.92. The van der Waals surface area contributed by atoms with Crippen molar-refractivity contribution >= 4 is 27.5 Å². The first kappa shape index (κ1) is 30.6. The highest BCUT2D eigenvalue weighted by Gasteiger charge is 2.33. The maximum atomic E-state index is 14.8. The quantitative estimate of drug-likeness (QED) is 0.334. The number of carbonyl (C=O) groups excluding carboxylic acids is 2. The molecule has 214 valence electrons. The Labute approximate surface area is 235 Å². The van der Waals surface area contributed by atoms with E-state index in [1.54, 1.807) is 24.3 Å². The van der Waals surface area contributed by atoms with E-state index in [2.05, 4.69) is 5.32 Å². The number of methoxy groups -OCH3 is 1. The maximum Gasteiger partial charge on any atom is 0.244 e. The number of nitrogens with one attached hydrogen (secondary N) is 1. The van der Waals surface area contributed by atoms with Gasteiger partial charge >= 0.3 is 0 Å². The average Bonchev–Trinajstić information content (AvgIpc) is 2.94. The van der Waals surface area contributed by atoms with E-state index in [1.807, 2.05) is 44.2 Å². The van der Waals surface area contributed by atoms with Gasteiger partial charge in [-0.1, -0.05) is 55.5 Å². The first-order chi connectivity index (χ1) is 19.0. The molecule has 1 N–H and O–H groups in total. The van der Waals surface area contributed by atoms with Crippen LogP contribution in [0.1, 0.15) is 31.4 Å². The third-order valence-electron chi connectivity index (χ3n) is 6.61. The maximum absolute atomic E-state index is 14.8. The summed E-state index contributed by atoms with van der Waals surface area (Å²) in [6, 6.07) is 20.3. The zero-order chi connectivity index (χ0) is 29.3. The summed E-state index contributed by atoms with van der Waals surface area (Å²) in [5.74, 6) is -1.06. The highest BCUT2D eigenvalue weighted by Crippen LogP contribution is 2.23. The predicted molar refractivity (Wildman–Crippen MR) is 154 cm³/mol. The Morgan fingerprint density at radius 1 is 0.975 bits per heavy atom. The number of carbonyl (C=O) groups is 2. The molecule has 0 bridgehead atoms. The molecule has 2 atom stereocenters. The summed E-state index contributed by atoms with van der Waals surface area (Å²) in [6.45, 7) is 2.98. The van der Waals surface area contributed by atoms with E-state index in [1.165, 1.54) is 36.3 Å². The van der Waals surface area contributed by atoms with Gasteiger partial charge in [0.05, 0.1) is 19.1 Å². The van der Waals surface area contributed by atoms with Crippen molar-refractivity contribution in [3.63, 3.8) is 0 Å². The molecule has 3 aromatic rings. The van der Waals surface area contributed by atoms with Gasteiger partial charge in [0.1, 0.15) is 24.2 Å². The van der Waals surface area contributed by atoms with Gasteiger partial charge in [0.2, 0.25) is 21.8 Å². The van der Waals surface area contributed by atoms with Crippen molar-refractivity contribution in [2.24, 2.45) is 0 Å². The number of nitrogens with zero attached hydrogens (tertiary/aromatic N) is 2. The third kappa shape index (κ3) is 8.29. The molecular weight excluding hydrogens is 533 g/mol. The molecule has 0 aromatic heterocycles. The van der Waals surface area contributed by atoms with Gasteiger partial charge in [-0.2, -0.15) is 0 Å².